The molecule has 1 nitrogen and oxygen atoms in total. The highest BCUT2D eigenvalue weighted by Crippen LogP contribution is 2.46. The van der Waals surface area contributed by atoms with Gasteiger partial charge >= 0.3 is 0 Å². The molecular weight excluding hydrogens is 256 g/mol. The lowest BCUT2D eigenvalue weighted by Crippen LogP contribution is -2.39. The second kappa shape index (κ2) is 5.00. The molecule has 0 radical (unpaired) electrons. The highest BCUT2D eigenvalue weighted by atomic mass is 16.1. The predicted molar refractivity (Wildman–Crippen MR) is 86.2 cm³/mol. The second-order valence-corrected chi connectivity index (χ2v) is 6.46. The maximum absolute atomic E-state index is 12.2. The van der Waals surface area contributed by atoms with Crippen LogP contribution in [0.15, 0.2) is 72.8 Å². The van der Waals surface area contributed by atoms with E-state index < -0.39 is 0 Å². The Morgan fingerprint density at radius 3 is 1.71 bits per heavy atom. The molecule has 1 aliphatic rings. The molecule has 0 aromatic heterocycles. The maximum Gasteiger partial charge on any atom is 0.161 e. The van der Waals surface area contributed by atoms with Crippen molar-refractivity contribution in [1.82, 2.24) is 0 Å². The summed E-state index contributed by atoms with van der Waals surface area (Å²) in [7, 11) is 0. The van der Waals surface area contributed by atoms with Gasteiger partial charge in [-0.1, -0.05) is 80.6 Å². The molecule has 1 heteroatoms. The zero-order valence-corrected chi connectivity index (χ0v) is 12.5. The molecule has 0 amide bonds. The summed E-state index contributed by atoms with van der Waals surface area (Å²) in [4.78, 5) is 12.2. The van der Waals surface area contributed by atoms with Crippen molar-refractivity contribution in [2.45, 2.75) is 25.7 Å². The van der Waals surface area contributed by atoms with Crippen molar-refractivity contribution in [3.05, 3.63) is 83.9 Å². The van der Waals surface area contributed by atoms with Crippen LogP contribution in [0.2, 0.25) is 0 Å². The van der Waals surface area contributed by atoms with Crippen LogP contribution < -0.4 is 0 Å². The predicted octanol–water partition coefficient (Wildman–Crippen LogP) is 4.53. The molecule has 0 spiro atoms. The highest BCUT2D eigenvalue weighted by molar-refractivity contribution is 5.96. The number of allylic oxidation sites excluding steroid dienone is 2. The van der Waals surface area contributed by atoms with Gasteiger partial charge in [-0.2, -0.15) is 0 Å². The van der Waals surface area contributed by atoms with Crippen molar-refractivity contribution >= 4 is 5.78 Å². The van der Waals surface area contributed by atoms with Gasteiger partial charge in [0.15, 0.2) is 5.78 Å². The lowest BCUT2D eigenvalue weighted by atomic mass is 9.61. The minimum Gasteiger partial charge on any atom is -0.294 e. The molecule has 2 aromatic carbocycles. The van der Waals surface area contributed by atoms with Crippen LogP contribution in [0.3, 0.4) is 0 Å². The molecule has 1 aliphatic carbocycles. The fraction of sp³-hybridized carbons (Fsp3) is 0.250. The minimum atomic E-state index is -0.347. The van der Waals surface area contributed by atoms with E-state index in [-0.39, 0.29) is 16.6 Å². The Labute approximate surface area is 126 Å². The van der Waals surface area contributed by atoms with E-state index in [0.717, 1.165) is 6.42 Å². The van der Waals surface area contributed by atoms with E-state index in [1.54, 1.807) is 6.08 Å². The lowest BCUT2D eigenvalue weighted by molar-refractivity contribution is -0.123. The quantitative estimate of drug-likeness (QED) is 0.787. The van der Waals surface area contributed by atoms with Crippen molar-refractivity contribution in [2.24, 2.45) is 5.41 Å². The molecular formula is C20H20O. The standard InChI is InChI=1S/C20H20O/c1-19(2)15-20(14-13-18(19)21,16-9-5-3-6-10-16)17-11-7-4-8-12-17/h3-14H,15H2,1-2H3. The van der Waals surface area contributed by atoms with Crippen LogP contribution >= 0.6 is 0 Å². The first-order valence-corrected chi connectivity index (χ1v) is 7.39. The summed E-state index contributed by atoms with van der Waals surface area (Å²) in [6, 6.07) is 21.0. The number of carbonyl (C=O) groups is 1. The minimum absolute atomic E-state index is 0.213. The third-order valence-corrected chi connectivity index (χ3v) is 4.48. The van der Waals surface area contributed by atoms with Crippen LogP contribution in [-0.4, -0.2) is 5.78 Å². The summed E-state index contributed by atoms with van der Waals surface area (Å²) >= 11 is 0. The van der Waals surface area contributed by atoms with Gasteiger partial charge in [0.25, 0.3) is 0 Å². The third kappa shape index (κ3) is 2.33. The summed E-state index contributed by atoms with van der Waals surface area (Å²) in [6.45, 7) is 4.08. The molecule has 0 saturated carbocycles. The largest absolute Gasteiger partial charge is 0.294 e. The number of hydrogen-bond acceptors (Lipinski definition) is 1. The van der Waals surface area contributed by atoms with Crippen LogP contribution in [0, 0.1) is 5.41 Å². The summed E-state index contributed by atoms with van der Waals surface area (Å²) in [6.07, 6.45) is 4.65. The van der Waals surface area contributed by atoms with Gasteiger partial charge in [-0.05, 0) is 23.6 Å². The van der Waals surface area contributed by atoms with Crippen LogP contribution in [0.5, 0.6) is 0 Å². The van der Waals surface area contributed by atoms with Gasteiger partial charge in [0.05, 0.1) is 0 Å². The molecule has 3 rings (SSSR count). The number of hydrogen-bond donors (Lipinski definition) is 0. The fourth-order valence-corrected chi connectivity index (χ4v) is 3.32. The van der Waals surface area contributed by atoms with Gasteiger partial charge in [0.1, 0.15) is 0 Å². The molecule has 0 heterocycles. The number of ketones is 1. The van der Waals surface area contributed by atoms with Gasteiger partial charge in [-0.15, -0.1) is 0 Å². The summed E-state index contributed by atoms with van der Waals surface area (Å²) in [5.41, 5.74) is 1.92. The van der Waals surface area contributed by atoms with Crippen molar-refractivity contribution < 1.29 is 4.79 Å². The molecule has 0 unspecified atom stereocenters. The topological polar surface area (TPSA) is 17.1 Å². The van der Waals surface area contributed by atoms with Crippen molar-refractivity contribution in [1.29, 1.82) is 0 Å². The van der Waals surface area contributed by atoms with E-state index in [0.29, 0.717) is 0 Å². The Hall–Kier alpha value is -2.15. The SMILES string of the molecule is CC1(C)CC(c2ccccc2)(c2ccccc2)C=CC1=O. The summed E-state index contributed by atoms with van der Waals surface area (Å²) in [5, 5.41) is 0. The Morgan fingerprint density at radius 1 is 0.810 bits per heavy atom. The average molecular weight is 276 g/mol. The first-order valence-electron chi connectivity index (χ1n) is 7.39. The van der Waals surface area contributed by atoms with Crippen LogP contribution in [-0.2, 0) is 10.2 Å². The van der Waals surface area contributed by atoms with Crippen LogP contribution in [0.4, 0.5) is 0 Å². The van der Waals surface area contributed by atoms with E-state index in [4.69, 9.17) is 0 Å². The first-order chi connectivity index (χ1) is 10.0. The number of benzene rings is 2. The Balaban J connectivity index is 2.23. The van der Waals surface area contributed by atoms with Crippen molar-refractivity contribution in [3.63, 3.8) is 0 Å². The van der Waals surface area contributed by atoms with E-state index >= 15 is 0 Å². The second-order valence-electron chi connectivity index (χ2n) is 6.46. The molecule has 0 bridgehead atoms. The molecule has 2 aromatic rings. The molecule has 106 valence electrons. The number of rotatable bonds is 2. The normalized spacial score (nSPS) is 19.4. The fourth-order valence-electron chi connectivity index (χ4n) is 3.32. The van der Waals surface area contributed by atoms with Crippen LogP contribution in [0.25, 0.3) is 0 Å². The molecule has 0 saturated heterocycles. The molecule has 0 aliphatic heterocycles. The molecule has 21 heavy (non-hydrogen) atoms. The molecule has 0 N–H and O–H groups in total. The molecule has 0 atom stereocenters. The zero-order chi connectivity index (χ0) is 14.9. The molecule has 0 fully saturated rings. The van der Waals surface area contributed by atoms with Crippen molar-refractivity contribution in [2.75, 3.05) is 0 Å². The van der Waals surface area contributed by atoms with Gasteiger partial charge in [0.2, 0.25) is 0 Å². The summed E-state index contributed by atoms with van der Waals surface area (Å²) in [5.74, 6) is 0.213. The van der Waals surface area contributed by atoms with Crippen LogP contribution in [0.1, 0.15) is 31.4 Å². The van der Waals surface area contributed by atoms with E-state index in [9.17, 15) is 4.79 Å². The maximum atomic E-state index is 12.2. The smallest absolute Gasteiger partial charge is 0.161 e. The first kappa shape index (κ1) is 13.8. The highest BCUT2D eigenvalue weighted by Gasteiger charge is 2.43. The average Bonchev–Trinajstić information content (AvgIpc) is 2.52. The van der Waals surface area contributed by atoms with E-state index in [1.165, 1.54) is 11.1 Å². The van der Waals surface area contributed by atoms with Crippen molar-refractivity contribution in [3.8, 4) is 0 Å². The Kier molecular flexibility index (Phi) is 3.29. The summed E-state index contributed by atoms with van der Waals surface area (Å²) < 4.78 is 0. The lowest BCUT2D eigenvalue weighted by Gasteiger charge is -2.41. The van der Waals surface area contributed by atoms with E-state index in [2.05, 4.69) is 54.6 Å². The van der Waals surface area contributed by atoms with E-state index in [1.807, 2.05) is 26.0 Å². The van der Waals surface area contributed by atoms with Gasteiger partial charge in [-0.25, -0.2) is 0 Å². The zero-order valence-electron chi connectivity index (χ0n) is 12.5. The third-order valence-electron chi connectivity index (χ3n) is 4.48. The van der Waals surface area contributed by atoms with Gasteiger partial charge in [-0.3, -0.25) is 4.79 Å². The number of carbonyl (C=O) groups excluding carboxylic acids is 1. The van der Waals surface area contributed by atoms with Gasteiger partial charge < -0.3 is 0 Å². The van der Waals surface area contributed by atoms with Gasteiger partial charge in [0, 0.05) is 10.8 Å². The Morgan fingerprint density at radius 2 is 1.29 bits per heavy atom. The monoisotopic (exact) mass is 276 g/mol. The Bertz CT molecular complexity index is 626.